The molecule has 4 rings (SSSR count). The van der Waals surface area contributed by atoms with E-state index in [0.29, 0.717) is 22.3 Å². The first-order valence-electron chi connectivity index (χ1n) is 7.51. The molecule has 0 aliphatic rings. The highest BCUT2D eigenvalue weighted by Gasteiger charge is 2.14. The molecule has 0 atom stereocenters. The topological polar surface area (TPSA) is 129 Å². The molecule has 0 bridgehead atoms. The Balaban J connectivity index is 1.42. The Labute approximate surface area is 150 Å². The Morgan fingerprint density at radius 1 is 1.27 bits per heavy atom. The van der Waals surface area contributed by atoms with Crippen molar-refractivity contribution in [3.8, 4) is 17.1 Å². The number of carbonyl (C=O) groups is 1. The highest BCUT2D eigenvalue weighted by molar-refractivity contribution is 7.14. The van der Waals surface area contributed by atoms with Crippen molar-refractivity contribution in [2.45, 2.75) is 0 Å². The summed E-state index contributed by atoms with van der Waals surface area (Å²) in [5, 5.41) is 12.8. The Morgan fingerprint density at radius 2 is 2.19 bits per heavy atom. The van der Waals surface area contributed by atoms with E-state index in [4.69, 9.17) is 10.5 Å². The molecule has 0 unspecified atom stereocenters. The molecule has 1 amide bonds. The number of nitrogens with two attached hydrogens (primary N) is 1. The van der Waals surface area contributed by atoms with Gasteiger partial charge in [0.15, 0.2) is 23.3 Å². The molecule has 0 saturated carbocycles. The van der Waals surface area contributed by atoms with Gasteiger partial charge in [-0.1, -0.05) is 6.07 Å². The average Bonchev–Trinajstić information content (AvgIpc) is 3.28. The minimum atomic E-state index is -0.335. The summed E-state index contributed by atoms with van der Waals surface area (Å²) in [6.45, 7) is -0.156. The maximum absolute atomic E-state index is 12.1. The van der Waals surface area contributed by atoms with Crippen molar-refractivity contribution in [2.75, 3.05) is 17.7 Å². The molecule has 0 saturated heterocycles. The molecular weight excluding hydrogens is 356 g/mol. The number of carbonyl (C=O) groups excluding carboxylic acids is 1. The Hall–Kier alpha value is -3.53. The third-order valence-electron chi connectivity index (χ3n) is 3.47. The fraction of sp³-hybridized carbons (Fsp3) is 0.0625. The number of anilines is 2. The molecule has 3 N–H and O–H groups in total. The van der Waals surface area contributed by atoms with Gasteiger partial charge in [0.25, 0.3) is 5.91 Å². The predicted octanol–water partition coefficient (Wildman–Crippen LogP) is 2.34. The Bertz CT molecular complexity index is 1070. The molecule has 130 valence electrons. The zero-order valence-corrected chi connectivity index (χ0v) is 14.1. The van der Waals surface area contributed by atoms with Crippen molar-refractivity contribution in [3.05, 3.63) is 41.9 Å². The highest BCUT2D eigenvalue weighted by atomic mass is 32.1. The van der Waals surface area contributed by atoms with Gasteiger partial charge in [-0.25, -0.2) is 9.61 Å². The number of nitrogens with zero attached hydrogens (tertiary/aromatic N) is 4. The van der Waals surface area contributed by atoms with Gasteiger partial charge in [-0.3, -0.25) is 15.1 Å². The van der Waals surface area contributed by atoms with E-state index in [9.17, 15) is 4.79 Å². The number of hydrogen-bond donors (Lipinski definition) is 2. The number of nitrogen functional groups attached to an aromatic ring is 1. The van der Waals surface area contributed by atoms with Crippen LogP contribution in [0.15, 0.2) is 46.5 Å². The van der Waals surface area contributed by atoms with Crippen molar-refractivity contribution in [1.82, 2.24) is 20.3 Å². The molecule has 0 fully saturated rings. The zero-order valence-electron chi connectivity index (χ0n) is 13.2. The molecule has 9 nitrogen and oxygen atoms in total. The van der Waals surface area contributed by atoms with Crippen LogP contribution in [0.25, 0.3) is 22.3 Å². The van der Waals surface area contributed by atoms with Crippen molar-refractivity contribution >= 4 is 39.1 Å². The maximum atomic E-state index is 12.1. The van der Waals surface area contributed by atoms with E-state index in [0.717, 1.165) is 10.9 Å². The third-order valence-corrected chi connectivity index (χ3v) is 4.23. The first-order chi connectivity index (χ1) is 12.7. The number of rotatable bonds is 5. The predicted molar refractivity (Wildman–Crippen MR) is 95.7 cm³/mol. The number of pyridine rings is 1. The third kappa shape index (κ3) is 3.17. The summed E-state index contributed by atoms with van der Waals surface area (Å²) < 4.78 is 10.2. The second-order valence-corrected chi connectivity index (χ2v) is 6.06. The van der Waals surface area contributed by atoms with Crippen LogP contribution in [0.3, 0.4) is 0 Å². The van der Waals surface area contributed by atoms with Crippen molar-refractivity contribution in [1.29, 1.82) is 0 Å². The van der Waals surface area contributed by atoms with E-state index in [1.807, 2.05) is 24.3 Å². The van der Waals surface area contributed by atoms with Crippen LogP contribution in [-0.2, 0) is 4.79 Å². The van der Waals surface area contributed by atoms with Crippen molar-refractivity contribution in [2.24, 2.45) is 0 Å². The van der Waals surface area contributed by atoms with Crippen LogP contribution in [0.5, 0.6) is 5.75 Å². The van der Waals surface area contributed by atoms with Crippen LogP contribution in [0.1, 0.15) is 0 Å². The molecule has 1 aromatic carbocycles. The molecule has 3 aromatic heterocycles. The summed E-state index contributed by atoms with van der Waals surface area (Å²) in [4.78, 5) is 20.6. The summed E-state index contributed by atoms with van der Waals surface area (Å²) in [5.41, 5.74) is 7.24. The van der Waals surface area contributed by atoms with Gasteiger partial charge in [0.1, 0.15) is 11.4 Å². The number of fused-ring (bicyclic) bond motifs is 1. The summed E-state index contributed by atoms with van der Waals surface area (Å²) in [6.07, 6.45) is 1.70. The second-order valence-electron chi connectivity index (χ2n) is 5.20. The zero-order chi connectivity index (χ0) is 17.9. The van der Waals surface area contributed by atoms with Crippen LogP contribution in [0, 0.1) is 0 Å². The molecule has 26 heavy (non-hydrogen) atoms. The lowest BCUT2D eigenvalue weighted by atomic mass is 10.2. The smallest absolute Gasteiger partial charge is 0.264 e. The quantitative estimate of drug-likeness (QED) is 0.549. The van der Waals surface area contributed by atoms with Crippen LogP contribution in [0.2, 0.25) is 0 Å². The van der Waals surface area contributed by atoms with Crippen LogP contribution in [0.4, 0.5) is 10.9 Å². The van der Waals surface area contributed by atoms with Gasteiger partial charge in [0.2, 0.25) is 0 Å². The molecule has 0 aliphatic carbocycles. The lowest BCUT2D eigenvalue weighted by Crippen LogP contribution is -2.20. The van der Waals surface area contributed by atoms with Crippen LogP contribution < -0.4 is 15.8 Å². The maximum Gasteiger partial charge on any atom is 0.264 e. The summed E-state index contributed by atoms with van der Waals surface area (Å²) >= 11 is 1.24. The minimum absolute atomic E-state index is 0.140. The van der Waals surface area contributed by atoms with E-state index in [-0.39, 0.29) is 18.3 Å². The van der Waals surface area contributed by atoms with Crippen LogP contribution >= 0.6 is 11.3 Å². The highest BCUT2D eigenvalue weighted by Crippen LogP contribution is 2.27. The fourth-order valence-electron chi connectivity index (χ4n) is 2.31. The lowest BCUT2D eigenvalue weighted by molar-refractivity contribution is -0.118. The van der Waals surface area contributed by atoms with Gasteiger partial charge in [0, 0.05) is 17.0 Å². The Morgan fingerprint density at radius 3 is 3.04 bits per heavy atom. The van der Waals surface area contributed by atoms with E-state index < -0.39 is 0 Å². The van der Waals surface area contributed by atoms with Gasteiger partial charge >= 0.3 is 0 Å². The molecular formula is C16H12N6O3S. The number of amides is 1. The molecule has 10 heteroatoms. The van der Waals surface area contributed by atoms with Gasteiger partial charge in [-0.05, 0) is 34.6 Å². The van der Waals surface area contributed by atoms with Gasteiger partial charge in [-0.2, -0.15) is 0 Å². The Kier molecular flexibility index (Phi) is 4.15. The number of ether oxygens (including phenoxy) is 1. The fourth-order valence-corrected chi connectivity index (χ4v) is 3.02. The molecule has 3 heterocycles. The van der Waals surface area contributed by atoms with Crippen molar-refractivity contribution in [3.63, 3.8) is 0 Å². The lowest BCUT2D eigenvalue weighted by Gasteiger charge is -2.08. The average molecular weight is 368 g/mol. The number of nitrogens with one attached hydrogen (secondary N) is 1. The normalized spacial score (nSPS) is 10.8. The SMILES string of the molecule is Nc1nonc1-c1csc(NC(=O)COc2cccc3ncccc23)n1. The number of hydrogen-bond acceptors (Lipinski definition) is 9. The largest absolute Gasteiger partial charge is 0.483 e. The van der Waals surface area contributed by atoms with Gasteiger partial charge in [-0.15, -0.1) is 11.3 Å². The van der Waals surface area contributed by atoms with E-state index in [2.05, 4.69) is 30.2 Å². The van der Waals surface area contributed by atoms with Crippen LogP contribution in [-0.4, -0.2) is 32.8 Å². The first kappa shape index (κ1) is 16.0. The molecule has 0 radical (unpaired) electrons. The number of thiazole rings is 1. The summed E-state index contributed by atoms with van der Waals surface area (Å²) in [5.74, 6) is 0.395. The number of aromatic nitrogens is 4. The summed E-state index contributed by atoms with van der Waals surface area (Å²) in [7, 11) is 0. The van der Waals surface area contributed by atoms with E-state index in [1.165, 1.54) is 11.3 Å². The monoisotopic (exact) mass is 368 g/mol. The van der Waals surface area contributed by atoms with E-state index >= 15 is 0 Å². The van der Waals surface area contributed by atoms with Gasteiger partial charge < -0.3 is 10.5 Å². The molecule has 0 aliphatic heterocycles. The van der Waals surface area contributed by atoms with E-state index in [1.54, 1.807) is 17.6 Å². The summed E-state index contributed by atoms with van der Waals surface area (Å²) in [6, 6.07) is 9.20. The van der Waals surface area contributed by atoms with Gasteiger partial charge in [0.05, 0.1) is 5.52 Å². The minimum Gasteiger partial charge on any atom is -0.483 e. The number of benzene rings is 1. The first-order valence-corrected chi connectivity index (χ1v) is 8.39. The molecule has 4 aromatic rings. The second kappa shape index (κ2) is 6.76. The standard InChI is InChI=1S/C16H12N6O3S/c17-15-14(21-25-22-15)11-8-26-16(19-11)20-13(23)7-24-12-5-1-4-10-9(12)3-2-6-18-10/h1-6,8H,7H2,(H2,17,22)(H,19,20,23). The van der Waals surface area contributed by atoms with Crippen molar-refractivity contribution < 1.29 is 14.2 Å². The molecule has 0 spiro atoms.